The van der Waals surface area contributed by atoms with Crippen LogP contribution < -0.4 is 0 Å². The molecule has 0 atom stereocenters. The van der Waals surface area contributed by atoms with Crippen LogP contribution in [0.2, 0.25) is 0 Å². The Bertz CT molecular complexity index is 1070. The van der Waals surface area contributed by atoms with Gasteiger partial charge in [0.1, 0.15) is 11.6 Å². The van der Waals surface area contributed by atoms with Gasteiger partial charge in [-0.3, -0.25) is 4.90 Å². The maximum atomic E-state index is 13.5. The quantitative estimate of drug-likeness (QED) is 0.439. The second-order valence-corrected chi connectivity index (χ2v) is 10.2. The largest absolute Gasteiger partial charge is 0.436 e. The molecule has 4 nitrogen and oxygen atoms in total. The highest BCUT2D eigenvalue weighted by Gasteiger charge is 2.52. The van der Waals surface area contributed by atoms with Crippen molar-refractivity contribution in [3.63, 3.8) is 0 Å². The topological polar surface area (TPSA) is 32.8 Å². The molecule has 2 aliphatic heterocycles. The maximum absolute atomic E-state index is 13.5. The molecule has 0 bridgehead atoms. The third-order valence-electron chi connectivity index (χ3n) is 8.00. The molecule has 6 heteroatoms. The Morgan fingerprint density at radius 2 is 1.50 bits per heavy atom. The zero-order valence-electron chi connectivity index (χ0n) is 20.7. The van der Waals surface area contributed by atoms with E-state index in [1.165, 1.54) is 30.7 Å². The molecule has 1 aliphatic carbocycles. The number of benzene rings is 2. The summed E-state index contributed by atoms with van der Waals surface area (Å²) in [6, 6.07) is 13.1. The molecule has 190 valence electrons. The van der Waals surface area contributed by atoms with Gasteiger partial charge in [-0.15, -0.1) is 0 Å². The lowest BCUT2D eigenvalue weighted by atomic mass is 9.86. The SMILES string of the molecule is C=C1N(C2CCCCC2)C(=O)OC12CCN(CCC=C(c1ccc(F)cc1)c1ccc(F)cc1)CC2. The van der Waals surface area contributed by atoms with Gasteiger partial charge in [-0.25, -0.2) is 13.6 Å². The summed E-state index contributed by atoms with van der Waals surface area (Å²) < 4.78 is 33.0. The zero-order chi connectivity index (χ0) is 25.1. The zero-order valence-corrected chi connectivity index (χ0v) is 20.7. The number of piperidine rings is 1. The first-order valence-corrected chi connectivity index (χ1v) is 13.1. The number of nitrogens with zero attached hydrogens (tertiary/aromatic N) is 2. The number of hydrogen-bond acceptors (Lipinski definition) is 3. The van der Waals surface area contributed by atoms with E-state index in [0.717, 1.165) is 87.0 Å². The number of carbonyl (C=O) groups excluding carboxylic acids is 1. The van der Waals surface area contributed by atoms with Crippen molar-refractivity contribution in [2.45, 2.75) is 63.0 Å². The van der Waals surface area contributed by atoms with E-state index in [1.54, 1.807) is 24.3 Å². The minimum Gasteiger partial charge on any atom is -0.436 e. The molecule has 2 saturated heterocycles. The average Bonchev–Trinajstić information content (AvgIpc) is 3.13. The fraction of sp³-hybridized carbons (Fsp3) is 0.433. The van der Waals surface area contributed by atoms with Crippen molar-refractivity contribution in [3.05, 3.63) is 89.6 Å². The van der Waals surface area contributed by atoms with E-state index in [0.29, 0.717) is 0 Å². The molecule has 3 fully saturated rings. The molecule has 36 heavy (non-hydrogen) atoms. The Balaban J connectivity index is 1.22. The molecule has 1 spiro atoms. The number of halogens is 2. The summed E-state index contributed by atoms with van der Waals surface area (Å²) in [5, 5.41) is 0. The summed E-state index contributed by atoms with van der Waals surface area (Å²) in [4.78, 5) is 17.0. The van der Waals surface area contributed by atoms with E-state index >= 15 is 0 Å². The van der Waals surface area contributed by atoms with Crippen molar-refractivity contribution in [2.24, 2.45) is 0 Å². The fourth-order valence-electron chi connectivity index (χ4n) is 5.89. The van der Waals surface area contributed by atoms with Gasteiger partial charge in [0, 0.05) is 38.5 Å². The van der Waals surface area contributed by atoms with Crippen LogP contribution >= 0.6 is 0 Å². The van der Waals surface area contributed by atoms with Crippen LogP contribution in [-0.4, -0.2) is 47.2 Å². The van der Waals surface area contributed by atoms with Gasteiger partial charge in [-0.2, -0.15) is 0 Å². The van der Waals surface area contributed by atoms with Crippen molar-refractivity contribution in [2.75, 3.05) is 19.6 Å². The van der Waals surface area contributed by atoms with Gasteiger partial charge < -0.3 is 9.64 Å². The molecule has 3 aliphatic rings. The highest BCUT2D eigenvalue weighted by Crippen LogP contribution is 2.43. The lowest BCUT2D eigenvalue weighted by Crippen LogP contribution is -2.46. The van der Waals surface area contributed by atoms with E-state index in [-0.39, 0.29) is 23.8 Å². The summed E-state index contributed by atoms with van der Waals surface area (Å²) in [5.74, 6) is -0.564. The minimum absolute atomic E-state index is 0.216. The number of likely N-dealkylation sites (tertiary alicyclic amines) is 1. The number of amides is 1. The first kappa shape index (κ1) is 24.7. The predicted molar refractivity (Wildman–Crippen MR) is 137 cm³/mol. The molecule has 0 aromatic heterocycles. The number of carbonyl (C=O) groups is 1. The highest BCUT2D eigenvalue weighted by atomic mass is 19.1. The molecule has 0 radical (unpaired) electrons. The lowest BCUT2D eigenvalue weighted by Gasteiger charge is -2.39. The normalized spacial score (nSPS) is 20.6. The number of hydrogen-bond donors (Lipinski definition) is 0. The number of rotatable bonds is 6. The summed E-state index contributed by atoms with van der Waals surface area (Å²) >= 11 is 0. The highest BCUT2D eigenvalue weighted by molar-refractivity contribution is 5.79. The third-order valence-corrected chi connectivity index (χ3v) is 8.00. The first-order valence-electron chi connectivity index (χ1n) is 13.1. The van der Waals surface area contributed by atoms with Crippen LogP contribution in [0.5, 0.6) is 0 Å². The predicted octanol–water partition coefficient (Wildman–Crippen LogP) is 6.92. The standard InChI is InChI=1S/C30H34F2N2O2/c1-22-30(36-29(35)34(22)27-6-3-2-4-7-27)17-20-33(21-18-30)19-5-8-28(23-9-13-25(31)14-10-23)24-11-15-26(32)16-12-24/h8-16,27H,1-7,17-21H2. The van der Waals surface area contributed by atoms with Gasteiger partial charge in [-0.1, -0.05) is 56.2 Å². The summed E-state index contributed by atoms with van der Waals surface area (Å²) in [5.41, 5.74) is 3.06. The molecule has 0 unspecified atom stereocenters. The Kier molecular flexibility index (Phi) is 7.24. The van der Waals surface area contributed by atoms with Gasteiger partial charge in [0.05, 0.1) is 5.70 Å². The van der Waals surface area contributed by atoms with Crippen LogP contribution in [-0.2, 0) is 4.74 Å². The van der Waals surface area contributed by atoms with Crippen molar-refractivity contribution in [1.29, 1.82) is 0 Å². The van der Waals surface area contributed by atoms with Crippen LogP contribution in [0.1, 0.15) is 62.5 Å². The minimum atomic E-state index is -0.561. The Morgan fingerprint density at radius 1 is 0.944 bits per heavy atom. The van der Waals surface area contributed by atoms with E-state index in [2.05, 4.69) is 17.6 Å². The smallest absolute Gasteiger partial charge is 0.415 e. The van der Waals surface area contributed by atoms with E-state index in [1.807, 2.05) is 4.90 Å². The van der Waals surface area contributed by atoms with Gasteiger partial charge >= 0.3 is 6.09 Å². The second kappa shape index (κ2) is 10.6. The summed E-state index contributed by atoms with van der Waals surface area (Å²) in [6.07, 6.45) is 9.87. The molecule has 2 aromatic rings. The van der Waals surface area contributed by atoms with Gasteiger partial charge in [-0.05, 0) is 60.2 Å². The molecule has 1 saturated carbocycles. The first-order chi connectivity index (χ1) is 17.4. The van der Waals surface area contributed by atoms with E-state index in [9.17, 15) is 13.6 Å². The van der Waals surface area contributed by atoms with Crippen molar-refractivity contribution in [1.82, 2.24) is 9.80 Å². The van der Waals surface area contributed by atoms with Gasteiger partial charge in [0.15, 0.2) is 5.60 Å². The molecule has 2 aromatic carbocycles. The Labute approximate surface area is 212 Å². The van der Waals surface area contributed by atoms with Crippen LogP contribution in [0, 0.1) is 11.6 Å². The Hall–Kier alpha value is -2.99. The monoisotopic (exact) mass is 492 g/mol. The van der Waals surface area contributed by atoms with Gasteiger partial charge in [0.2, 0.25) is 0 Å². The number of ether oxygens (including phenoxy) is 1. The summed E-state index contributed by atoms with van der Waals surface area (Å²) in [6.45, 7) is 6.85. The van der Waals surface area contributed by atoms with Crippen LogP contribution in [0.3, 0.4) is 0 Å². The molecular formula is C30H34F2N2O2. The van der Waals surface area contributed by atoms with Crippen LogP contribution in [0.15, 0.2) is 66.9 Å². The van der Waals surface area contributed by atoms with Crippen molar-refractivity contribution in [3.8, 4) is 0 Å². The summed E-state index contributed by atoms with van der Waals surface area (Å²) in [7, 11) is 0. The van der Waals surface area contributed by atoms with E-state index in [4.69, 9.17) is 4.74 Å². The molecule has 5 rings (SSSR count). The lowest BCUT2D eigenvalue weighted by molar-refractivity contribution is 0.0150. The van der Waals surface area contributed by atoms with Gasteiger partial charge in [0.25, 0.3) is 0 Å². The average molecular weight is 493 g/mol. The van der Waals surface area contributed by atoms with Crippen LogP contribution in [0.4, 0.5) is 13.6 Å². The fourth-order valence-corrected chi connectivity index (χ4v) is 5.89. The Morgan fingerprint density at radius 3 is 2.06 bits per heavy atom. The second-order valence-electron chi connectivity index (χ2n) is 10.2. The van der Waals surface area contributed by atoms with E-state index < -0.39 is 5.60 Å². The molecule has 1 amide bonds. The molecular weight excluding hydrogens is 458 g/mol. The molecule has 2 heterocycles. The van der Waals surface area contributed by atoms with Crippen molar-refractivity contribution < 1.29 is 18.3 Å². The van der Waals surface area contributed by atoms with Crippen molar-refractivity contribution >= 4 is 11.7 Å². The molecule has 0 N–H and O–H groups in total. The third kappa shape index (κ3) is 5.10. The maximum Gasteiger partial charge on any atom is 0.415 e. The van der Waals surface area contributed by atoms with Crippen LogP contribution in [0.25, 0.3) is 5.57 Å².